The molecule has 57 heavy (non-hydrogen) atoms. The van der Waals surface area contributed by atoms with Crippen molar-refractivity contribution in [1.29, 1.82) is 0 Å². The zero-order valence-corrected chi connectivity index (χ0v) is 30.4. The average molecular weight is 731 g/mol. The highest BCUT2D eigenvalue weighted by Crippen LogP contribution is 2.41. The molecular weight excluding hydrogens is 701 g/mol. The van der Waals surface area contributed by atoms with E-state index in [-0.39, 0.29) is 0 Å². The van der Waals surface area contributed by atoms with Crippen molar-refractivity contribution in [3.63, 3.8) is 0 Å². The minimum absolute atomic E-state index is 0.567. The first-order valence-corrected chi connectivity index (χ1v) is 19.0. The molecule has 12 rings (SSSR count). The maximum atomic E-state index is 6.68. The lowest BCUT2D eigenvalue weighted by atomic mass is 10.0. The zero-order chi connectivity index (χ0) is 37.5. The number of nitrogens with zero attached hydrogens (tertiary/aromatic N) is 4. The van der Waals surface area contributed by atoms with E-state index in [1.807, 2.05) is 72.8 Å². The molecule has 0 saturated carbocycles. The second-order valence-corrected chi connectivity index (χ2v) is 14.4. The van der Waals surface area contributed by atoms with Crippen LogP contribution >= 0.6 is 0 Å². The van der Waals surface area contributed by atoms with Gasteiger partial charge in [0.05, 0.1) is 11.0 Å². The Morgan fingerprint density at radius 2 is 0.895 bits per heavy atom. The molecular formula is C51H30N4O2. The van der Waals surface area contributed by atoms with Gasteiger partial charge in [-0.25, -0.2) is 15.0 Å². The molecule has 0 atom stereocenters. The second kappa shape index (κ2) is 12.3. The van der Waals surface area contributed by atoms with Gasteiger partial charge >= 0.3 is 0 Å². The molecule has 0 radical (unpaired) electrons. The summed E-state index contributed by atoms with van der Waals surface area (Å²) in [5.41, 5.74) is 11.5. The predicted octanol–water partition coefficient (Wildman–Crippen LogP) is 13.4. The highest BCUT2D eigenvalue weighted by molar-refractivity contribution is 6.14. The van der Waals surface area contributed by atoms with Crippen LogP contribution in [0.15, 0.2) is 191 Å². The van der Waals surface area contributed by atoms with Crippen molar-refractivity contribution < 1.29 is 8.83 Å². The molecule has 4 heterocycles. The Morgan fingerprint density at radius 3 is 1.63 bits per heavy atom. The largest absolute Gasteiger partial charge is 0.456 e. The summed E-state index contributed by atoms with van der Waals surface area (Å²) in [6.07, 6.45) is 0. The van der Waals surface area contributed by atoms with Crippen LogP contribution in [0, 0.1) is 0 Å². The van der Waals surface area contributed by atoms with Crippen LogP contribution in [0.2, 0.25) is 0 Å². The first kappa shape index (κ1) is 31.5. The van der Waals surface area contributed by atoms with Crippen molar-refractivity contribution in [2.45, 2.75) is 0 Å². The van der Waals surface area contributed by atoms with Crippen molar-refractivity contribution in [1.82, 2.24) is 19.5 Å². The van der Waals surface area contributed by atoms with E-state index in [1.165, 1.54) is 21.9 Å². The van der Waals surface area contributed by atoms with E-state index in [2.05, 4.69) is 114 Å². The van der Waals surface area contributed by atoms with Crippen molar-refractivity contribution in [3.05, 3.63) is 182 Å². The van der Waals surface area contributed by atoms with E-state index in [1.54, 1.807) is 0 Å². The van der Waals surface area contributed by atoms with Crippen LogP contribution in [0.4, 0.5) is 0 Å². The van der Waals surface area contributed by atoms with Gasteiger partial charge in [-0.1, -0.05) is 127 Å². The van der Waals surface area contributed by atoms with Crippen LogP contribution < -0.4 is 0 Å². The van der Waals surface area contributed by atoms with Gasteiger partial charge in [-0.2, -0.15) is 0 Å². The van der Waals surface area contributed by atoms with E-state index in [0.29, 0.717) is 17.5 Å². The topological polar surface area (TPSA) is 69.9 Å². The van der Waals surface area contributed by atoms with E-state index in [0.717, 1.165) is 77.3 Å². The maximum absolute atomic E-state index is 6.68. The monoisotopic (exact) mass is 730 g/mol. The van der Waals surface area contributed by atoms with Gasteiger partial charge in [-0.15, -0.1) is 0 Å². The molecule has 6 heteroatoms. The molecule has 266 valence electrons. The highest BCUT2D eigenvalue weighted by Gasteiger charge is 2.21. The second-order valence-electron chi connectivity index (χ2n) is 14.4. The summed E-state index contributed by atoms with van der Waals surface area (Å²) in [7, 11) is 0. The Labute approximate surface area is 325 Å². The summed E-state index contributed by atoms with van der Waals surface area (Å²) < 4.78 is 15.3. The van der Waals surface area contributed by atoms with Crippen molar-refractivity contribution in [3.8, 4) is 51.0 Å². The molecule has 12 aromatic rings. The number of para-hydroxylation sites is 2. The van der Waals surface area contributed by atoms with E-state index in [9.17, 15) is 0 Å². The van der Waals surface area contributed by atoms with Crippen LogP contribution in [0.25, 0.3) is 117 Å². The summed E-state index contributed by atoms with van der Waals surface area (Å²) in [5, 5.41) is 6.35. The third-order valence-electron chi connectivity index (χ3n) is 11.1. The number of aromatic nitrogens is 4. The third kappa shape index (κ3) is 4.94. The molecule has 4 aromatic heterocycles. The van der Waals surface area contributed by atoms with E-state index in [4.69, 9.17) is 23.8 Å². The van der Waals surface area contributed by atoms with Crippen LogP contribution in [0.5, 0.6) is 0 Å². The number of rotatable bonds is 5. The van der Waals surface area contributed by atoms with Crippen LogP contribution in [-0.4, -0.2) is 19.5 Å². The lowest BCUT2D eigenvalue weighted by Gasteiger charge is -2.10. The molecule has 0 fully saturated rings. The fourth-order valence-corrected chi connectivity index (χ4v) is 8.50. The Balaban J connectivity index is 1.05. The molecule has 8 aromatic carbocycles. The highest BCUT2D eigenvalue weighted by atomic mass is 16.3. The van der Waals surface area contributed by atoms with Gasteiger partial charge in [0.1, 0.15) is 22.3 Å². The molecule has 0 spiro atoms. The summed E-state index contributed by atoms with van der Waals surface area (Å²) in [6.45, 7) is 0. The number of benzene rings is 8. The smallest absolute Gasteiger partial charge is 0.164 e. The number of fused-ring (bicyclic) bond motifs is 9. The lowest BCUT2D eigenvalue weighted by Crippen LogP contribution is -2.00. The summed E-state index contributed by atoms with van der Waals surface area (Å²) >= 11 is 0. The maximum Gasteiger partial charge on any atom is 0.164 e. The zero-order valence-electron chi connectivity index (χ0n) is 30.4. The molecule has 0 saturated heterocycles. The van der Waals surface area contributed by atoms with Gasteiger partial charge in [0.2, 0.25) is 0 Å². The summed E-state index contributed by atoms with van der Waals surface area (Å²) in [5.74, 6) is 1.73. The van der Waals surface area contributed by atoms with Gasteiger partial charge in [0.15, 0.2) is 17.5 Å². The van der Waals surface area contributed by atoms with Gasteiger partial charge in [0, 0.05) is 60.8 Å². The lowest BCUT2D eigenvalue weighted by molar-refractivity contribution is 0.668. The SMILES string of the molecule is c1ccc(-c2ccc3c(c2)c2ccccc2n3-c2ccc3c(c2)oc2cccc(-c4nc(-c5ccccc5)nc(-c5cccc6oc7ccccc7c56)n4)c23)cc1. The molecule has 0 N–H and O–H groups in total. The minimum Gasteiger partial charge on any atom is -0.456 e. The van der Waals surface area contributed by atoms with Gasteiger partial charge in [-0.3, -0.25) is 0 Å². The van der Waals surface area contributed by atoms with E-state index < -0.39 is 0 Å². The Bertz CT molecular complexity index is 3530. The standard InChI is InChI=1S/C51H30N4O2/c1-3-13-31(14-4-1)33-25-28-42-40(29-33)35-17-7-9-21-41(35)55(42)34-26-27-37-46(30-34)57-45-24-12-20-39(48(37)45)51-53-49(32-15-5-2-6-16-32)52-50(54-51)38-19-11-23-44-47(38)36-18-8-10-22-43(36)56-44/h1-30H. The first-order chi connectivity index (χ1) is 28.2. The molecule has 6 nitrogen and oxygen atoms in total. The molecule has 0 aliphatic carbocycles. The van der Waals surface area contributed by atoms with Crippen molar-refractivity contribution in [2.75, 3.05) is 0 Å². The quantitative estimate of drug-likeness (QED) is 0.176. The Morgan fingerprint density at radius 1 is 0.333 bits per heavy atom. The van der Waals surface area contributed by atoms with Crippen LogP contribution in [0.1, 0.15) is 0 Å². The normalized spacial score (nSPS) is 11.9. The molecule has 0 unspecified atom stereocenters. The molecule has 0 amide bonds. The van der Waals surface area contributed by atoms with Crippen LogP contribution in [0.3, 0.4) is 0 Å². The molecule has 0 aliphatic rings. The minimum atomic E-state index is 0.567. The Kier molecular flexibility index (Phi) is 6.83. The average Bonchev–Trinajstić information content (AvgIpc) is 3.96. The number of hydrogen-bond donors (Lipinski definition) is 0. The first-order valence-electron chi connectivity index (χ1n) is 19.0. The summed E-state index contributed by atoms with van der Waals surface area (Å²) in [4.78, 5) is 15.4. The van der Waals surface area contributed by atoms with Gasteiger partial charge < -0.3 is 13.4 Å². The summed E-state index contributed by atoms with van der Waals surface area (Å²) in [6, 6.07) is 62.7. The van der Waals surface area contributed by atoms with Crippen molar-refractivity contribution in [2.24, 2.45) is 0 Å². The fourth-order valence-electron chi connectivity index (χ4n) is 8.50. The number of furan rings is 2. The van der Waals surface area contributed by atoms with Gasteiger partial charge in [-0.05, 0) is 59.7 Å². The predicted molar refractivity (Wildman–Crippen MR) is 230 cm³/mol. The van der Waals surface area contributed by atoms with Crippen LogP contribution in [-0.2, 0) is 0 Å². The molecule has 0 aliphatic heterocycles. The number of hydrogen-bond acceptors (Lipinski definition) is 5. The third-order valence-corrected chi connectivity index (χ3v) is 11.1. The van der Waals surface area contributed by atoms with E-state index >= 15 is 0 Å². The molecule has 0 bridgehead atoms. The van der Waals surface area contributed by atoms with Gasteiger partial charge in [0.25, 0.3) is 0 Å². The fraction of sp³-hybridized carbons (Fsp3) is 0. The van der Waals surface area contributed by atoms with Crippen molar-refractivity contribution >= 4 is 65.7 Å². The Hall–Kier alpha value is -7.83.